The Balaban J connectivity index is 1.40. The third kappa shape index (κ3) is 2.96. The van der Waals surface area contributed by atoms with E-state index in [1.807, 2.05) is 0 Å². The summed E-state index contributed by atoms with van der Waals surface area (Å²) in [5.74, 6) is -0.939. The summed E-state index contributed by atoms with van der Waals surface area (Å²) < 4.78 is 10.7. The Labute approximate surface area is 187 Å². The van der Waals surface area contributed by atoms with Gasteiger partial charge in [0.25, 0.3) is 11.8 Å². The summed E-state index contributed by atoms with van der Waals surface area (Å²) in [5.41, 5.74) is -0.103. The molecular formula is C22H17ClN4O5. The Hall–Kier alpha value is -3.72. The molecule has 0 aliphatic carbocycles. The molecule has 0 bridgehead atoms. The minimum Gasteiger partial charge on any atom is -0.452 e. The fraction of sp³-hybridized carbons (Fsp3) is 0.227. The first-order valence-corrected chi connectivity index (χ1v) is 10.3. The van der Waals surface area contributed by atoms with Gasteiger partial charge in [-0.15, -0.1) is 0 Å². The minimum atomic E-state index is -1.55. The van der Waals surface area contributed by atoms with Gasteiger partial charge in [-0.1, -0.05) is 28.9 Å². The first kappa shape index (κ1) is 20.2. The Morgan fingerprint density at radius 1 is 1.19 bits per heavy atom. The first-order chi connectivity index (χ1) is 15.4. The molecule has 0 N–H and O–H groups in total. The van der Waals surface area contributed by atoms with Crippen molar-refractivity contribution in [3.05, 3.63) is 65.0 Å². The molecule has 0 radical (unpaired) electrons. The Morgan fingerprint density at radius 3 is 2.72 bits per heavy atom. The molecule has 2 aliphatic heterocycles. The van der Waals surface area contributed by atoms with E-state index in [2.05, 4.69) is 10.1 Å². The van der Waals surface area contributed by atoms with Crippen LogP contribution in [0.1, 0.15) is 29.1 Å². The smallest absolute Gasteiger partial charge is 0.354 e. The van der Waals surface area contributed by atoms with Crippen LogP contribution in [0.4, 0.5) is 5.69 Å². The third-order valence-corrected chi connectivity index (χ3v) is 6.02. The highest BCUT2D eigenvalue weighted by Crippen LogP contribution is 2.44. The molecular weight excluding hydrogens is 436 g/mol. The number of ether oxygens (including phenoxy) is 1. The molecule has 3 heterocycles. The van der Waals surface area contributed by atoms with E-state index in [9.17, 15) is 14.4 Å². The fourth-order valence-corrected chi connectivity index (χ4v) is 4.29. The molecule has 2 amide bonds. The monoisotopic (exact) mass is 452 g/mol. The van der Waals surface area contributed by atoms with E-state index < -0.39 is 11.6 Å². The molecule has 5 rings (SSSR count). The molecule has 2 aromatic carbocycles. The highest BCUT2D eigenvalue weighted by Gasteiger charge is 2.60. The van der Waals surface area contributed by atoms with Crippen LogP contribution >= 0.6 is 11.6 Å². The van der Waals surface area contributed by atoms with Gasteiger partial charge in [-0.05, 0) is 36.4 Å². The van der Waals surface area contributed by atoms with Crippen molar-refractivity contribution in [3.8, 4) is 11.4 Å². The molecule has 1 fully saturated rings. The summed E-state index contributed by atoms with van der Waals surface area (Å²) in [5, 5.41) is 4.47. The maximum Gasteiger partial charge on any atom is 0.354 e. The summed E-state index contributed by atoms with van der Waals surface area (Å²) in [6, 6.07) is 13.6. The van der Waals surface area contributed by atoms with Crippen LogP contribution in [0.2, 0.25) is 5.02 Å². The number of esters is 1. The van der Waals surface area contributed by atoms with Gasteiger partial charge >= 0.3 is 5.97 Å². The second kappa shape index (κ2) is 7.45. The van der Waals surface area contributed by atoms with E-state index in [0.29, 0.717) is 27.7 Å². The summed E-state index contributed by atoms with van der Waals surface area (Å²) in [4.78, 5) is 45.8. The van der Waals surface area contributed by atoms with Crippen LogP contribution in [-0.2, 0) is 20.9 Å². The molecule has 1 aromatic heterocycles. The van der Waals surface area contributed by atoms with Gasteiger partial charge in [0.1, 0.15) is 0 Å². The number of carbonyl (C=O) groups excluding carboxylic acids is 3. The zero-order valence-corrected chi connectivity index (χ0v) is 17.7. The summed E-state index contributed by atoms with van der Waals surface area (Å²) in [7, 11) is 1.50. The van der Waals surface area contributed by atoms with Gasteiger partial charge in [0, 0.05) is 30.5 Å². The maximum absolute atomic E-state index is 13.3. The summed E-state index contributed by atoms with van der Waals surface area (Å²) >= 11 is 5.89. The van der Waals surface area contributed by atoms with Crippen molar-refractivity contribution in [1.82, 2.24) is 15.0 Å². The number of nitrogens with zero attached hydrogens (tertiary/aromatic N) is 4. The quantitative estimate of drug-likeness (QED) is 0.560. The van der Waals surface area contributed by atoms with Gasteiger partial charge in [-0.25, -0.2) is 4.79 Å². The SMILES string of the molecule is CN1C(=O)c2ccccc2N2C(=O)CCC12C(=O)OCc1nc(-c2ccc(Cl)cc2)no1. The number of halogens is 1. The molecule has 1 unspecified atom stereocenters. The molecule has 162 valence electrons. The van der Waals surface area contributed by atoms with E-state index in [1.54, 1.807) is 48.5 Å². The second-order valence-corrected chi connectivity index (χ2v) is 7.96. The van der Waals surface area contributed by atoms with Crippen molar-refractivity contribution in [1.29, 1.82) is 0 Å². The summed E-state index contributed by atoms with van der Waals surface area (Å²) in [6.45, 7) is -0.299. The molecule has 0 spiro atoms. The van der Waals surface area contributed by atoms with Crippen LogP contribution in [0.5, 0.6) is 0 Å². The van der Waals surface area contributed by atoms with Gasteiger partial charge in [0.15, 0.2) is 6.61 Å². The molecule has 0 saturated carbocycles. The fourth-order valence-electron chi connectivity index (χ4n) is 4.16. The largest absolute Gasteiger partial charge is 0.452 e. The lowest BCUT2D eigenvalue weighted by molar-refractivity contribution is -0.158. The van der Waals surface area contributed by atoms with Crippen LogP contribution in [0.15, 0.2) is 53.1 Å². The highest BCUT2D eigenvalue weighted by molar-refractivity contribution is 6.30. The van der Waals surface area contributed by atoms with E-state index in [4.69, 9.17) is 20.9 Å². The van der Waals surface area contributed by atoms with E-state index in [-0.39, 0.29) is 37.2 Å². The predicted octanol–water partition coefficient (Wildman–Crippen LogP) is 3.04. The number of carbonyl (C=O) groups is 3. The minimum absolute atomic E-state index is 0.0840. The highest BCUT2D eigenvalue weighted by atomic mass is 35.5. The molecule has 3 aromatic rings. The lowest BCUT2D eigenvalue weighted by atomic mass is 9.97. The van der Waals surface area contributed by atoms with Crippen LogP contribution in [0.25, 0.3) is 11.4 Å². The average molecular weight is 453 g/mol. The predicted molar refractivity (Wildman–Crippen MR) is 113 cm³/mol. The van der Waals surface area contributed by atoms with Crippen LogP contribution in [0.3, 0.4) is 0 Å². The average Bonchev–Trinajstić information content (AvgIpc) is 3.42. The lowest BCUT2D eigenvalue weighted by Crippen LogP contribution is -2.67. The maximum atomic E-state index is 13.3. The number of hydrogen-bond donors (Lipinski definition) is 0. The molecule has 2 aliphatic rings. The number of benzene rings is 2. The van der Waals surface area contributed by atoms with Crippen molar-refractivity contribution in [2.24, 2.45) is 0 Å². The molecule has 1 atom stereocenters. The Kier molecular flexibility index (Phi) is 4.70. The number of para-hydroxylation sites is 1. The number of anilines is 1. The van der Waals surface area contributed by atoms with Crippen LogP contribution in [0, 0.1) is 0 Å². The van der Waals surface area contributed by atoms with Crippen molar-refractivity contribution < 1.29 is 23.6 Å². The molecule has 10 heteroatoms. The van der Waals surface area contributed by atoms with Crippen LogP contribution < -0.4 is 4.90 Å². The molecule has 1 saturated heterocycles. The first-order valence-electron chi connectivity index (χ1n) is 9.88. The topological polar surface area (TPSA) is 106 Å². The third-order valence-electron chi connectivity index (χ3n) is 5.77. The number of likely N-dealkylation sites (N-methyl/N-ethyl adjacent to an activating group) is 1. The number of hydrogen-bond acceptors (Lipinski definition) is 7. The van der Waals surface area contributed by atoms with Crippen molar-refractivity contribution in [2.75, 3.05) is 11.9 Å². The van der Waals surface area contributed by atoms with Crippen LogP contribution in [-0.4, -0.2) is 45.5 Å². The van der Waals surface area contributed by atoms with E-state index in [1.165, 1.54) is 16.8 Å². The number of aromatic nitrogens is 2. The van der Waals surface area contributed by atoms with Gasteiger partial charge < -0.3 is 14.2 Å². The zero-order chi connectivity index (χ0) is 22.5. The number of fused-ring (bicyclic) bond motifs is 3. The second-order valence-electron chi connectivity index (χ2n) is 7.52. The molecule has 9 nitrogen and oxygen atoms in total. The normalized spacial score (nSPS) is 19.7. The van der Waals surface area contributed by atoms with Crippen molar-refractivity contribution in [2.45, 2.75) is 25.1 Å². The standard InChI is InChI=1S/C22H17ClN4O5/c1-26-20(29)15-4-2-3-5-16(15)27-18(28)10-11-22(26,27)21(30)31-12-17-24-19(25-32-17)13-6-8-14(23)9-7-13/h2-9H,10-12H2,1H3. The van der Waals surface area contributed by atoms with Gasteiger partial charge in [-0.3, -0.25) is 14.5 Å². The van der Waals surface area contributed by atoms with Crippen molar-refractivity contribution in [3.63, 3.8) is 0 Å². The zero-order valence-electron chi connectivity index (χ0n) is 16.9. The van der Waals surface area contributed by atoms with Crippen molar-refractivity contribution >= 4 is 35.1 Å². The Bertz CT molecular complexity index is 1240. The van der Waals surface area contributed by atoms with E-state index in [0.717, 1.165) is 0 Å². The van der Waals surface area contributed by atoms with Gasteiger partial charge in [0.05, 0.1) is 11.3 Å². The Morgan fingerprint density at radius 2 is 1.94 bits per heavy atom. The number of rotatable bonds is 4. The van der Waals surface area contributed by atoms with E-state index >= 15 is 0 Å². The number of amides is 2. The van der Waals surface area contributed by atoms with Gasteiger partial charge in [-0.2, -0.15) is 4.98 Å². The lowest BCUT2D eigenvalue weighted by Gasteiger charge is -2.46. The van der Waals surface area contributed by atoms with Gasteiger partial charge in [0.2, 0.25) is 17.4 Å². The summed E-state index contributed by atoms with van der Waals surface area (Å²) in [6.07, 6.45) is 0.240. The molecule has 32 heavy (non-hydrogen) atoms.